The third-order valence-electron chi connectivity index (χ3n) is 2.80. The Kier molecular flexibility index (Phi) is 3.38. The first kappa shape index (κ1) is 12.0. The van der Waals surface area contributed by atoms with Crippen LogP contribution in [0.4, 0.5) is 0 Å². The molecule has 0 aliphatic rings. The summed E-state index contributed by atoms with van der Waals surface area (Å²) in [5, 5.41) is 5.17. The zero-order valence-corrected chi connectivity index (χ0v) is 11.0. The molecule has 0 fully saturated rings. The topological polar surface area (TPSA) is 27.1 Å². The molecule has 17 heavy (non-hydrogen) atoms. The molecule has 0 unspecified atom stereocenters. The second-order valence-corrected chi connectivity index (χ2v) is 4.18. The number of ether oxygens (including phenoxy) is 1. The third-order valence-corrected chi connectivity index (χ3v) is 3.24. The summed E-state index contributed by atoms with van der Waals surface area (Å²) in [6, 6.07) is 7.68. The van der Waals surface area contributed by atoms with Crippen LogP contribution in [0.25, 0.3) is 5.69 Å². The van der Waals surface area contributed by atoms with E-state index in [1.807, 2.05) is 31.2 Å². The Morgan fingerprint density at radius 3 is 2.41 bits per heavy atom. The van der Waals surface area contributed by atoms with Gasteiger partial charge in [-0.1, -0.05) is 18.5 Å². The first-order valence-electron chi connectivity index (χ1n) is 5.55. The Hall–Kier alpha value is -1.48. The standard InChI is InChI=1S/C13H15ClN2O/c1-4-12-9(2)13(14)16(15-12)10-5-7-11(17-3)8-6-10/h5-8H,4H2,1-3H3. The Morgan fingerprint density at radius 1 is 1.29 bits per heavy atom. The summed E-state index contributed by atoms with van der Waals surface area (Å²) in [7, 11) is 1.65. The molecule has 3 nitrogen and oxygen atoms in total. The van der Waals surface area contributed by atoms with Crippen LogP contribution in [-0.4, -0.2) is 16.9 Å². The highest BCUT2D eigenvalue weighted by Crippen LogP contribution is 2.24. The van der Waals surface area contributed by atoms with Crippen molar-refractivity contribution in [1.29, 1.82) is 0 Å². The average molecular weight is 251 g/mol. The van der Waals surface area contributed by atoms with E-state index in [1.165, 1.54) is 0 Å². The second-order valence-electron chi connectivity index (χ2n) is 3.83. The van der Waals surface area contributed by atoms with Gasteiger partial charge in [-0.25, -0.2) is 4.68 Å². The first-order chi connectivity index (χ1) is 8.17. The van der Waals surface area contributed by atoms with E-state index in [9.17, 15) is 0 Å². The zero-order chi connectivity index (χ0) is 12.4. The molecular weight excluding hydrogens is 236 g/mol. The van der Waals surface area contributed by atoms with E-state index >= 15 is 0 Å². The molecule has 0 amide bonds. The molecule has 0 radical (unpaired) electrons. The van der Waals surface area contributed by atoms with Gasteiger partial charge in [0.1, 0.15) is 10.9 Å². The largest absolute Gasteiger partial charge is 0.497 e. The molecule has 1 aromatic heterocycles. The van der Waals surface area contributed by atoms with Crippen LogP contribution in [0.1, 0.15) is 18.2 Å². The summed E-state index contributed by atoms with van der Waals surface area (Å²) >= 11 is 6.27. The molecule has 0 aliphatic carbocycles. The Morgan fingerprint density at radius 2 is 1.94 bits per heavy atom. The molecule has 90 valence electrons. The zero-order valence-electron chi connectivity index (χ0n) is 10.2. The van der Waals surface area contributed by atoms with Gasteiger partial charge in [0.25, 0.3) is 0 Å². The van der Waals surface area contributed by atoms with Gasteiger partial charge < -0.3 is 4.74 Å². The molecule has 0 bridgehead atoms. The quantitative estimate of drug-likeness (QED) is 0.835. The number of benzene rings is 1. The highest BCUT2D eigenvalue weighted by atomic mass is 35.5. The average Bonchev–Trinajstić information content (AvgIpc) is 2.66. The normalized spacial score (nSPS) is 10.6. The van der Waals surface area contributed by atoms with Crippen molar-refractivity contribution in [3.05, 3.63) is 40.7 Å². The van der Waals surface area contributed by atoms with Gasteiger partial charge >= 0.3 is 0 Å². The number of hydrogen-bond acceptors (Lipinski definition) is 2. The van der Waals surface area contributed by atoms with Crippen molar-refractivity contribution >= 4 is 11.6 Å². The predicted octanol–water partition coefficient (Wildman–Crippen LogP) is 3.41. The molecule has 0 atom stereocenters. The van der Waals surface area contributed by atoms with Gasteiger partial charge in [0.2, 0.25) is 0 Å². The van der Waals surface area contributed by atoms with Crippen molar-refractivity contribution in [2.24, 2.45) is 0 Å². The highest BCUT2D eigenvalue weighted by Gasteiger charge is 2.12. The van der Waals surface area contributed by atoms with Gasteiger partial charge in [-0.2, -0.15) is 5.10 Å². The number of halogens is 1. The van der Waals surface area contributed by atoms with Crippen LogP contribution >= 0.6 is 11.6 Å². The first-order valence-corrected chi connectivity index (χ1v) is 5.93. The van der Waals surface area contributed by atoms with Crippen molar-refractivity contribution in [3.63, 3.8) is 0 Å². The summed E-state index contributed by atoms with van der Waals surface area (Å²) in [4.78, 5) is 0. The minimum atomic E-state index is 0.673. The maximum Gasteiger partial charge on any atom is 0.136 e. The second kappa shape index (κ2) is 4.80. The van der Waals surface area contributed by atoms with E-state index in [-0.39, 0.29) is 0 Å². The van der Waals surface area contributed by atoms with Gasteiger partial charge in [-0.15, -0.1) is 0 Å². The molecule has 0 saturated carbocycles. The van der Waals surface area contributed by atoms with Crippen LogP contribution in [0.5, 0.6) is 5.75 Å². The summed E-state index contributed by atoms with van der Waals surface area (Å²) in [5.41, 5.74) is 3.02. The van der Waals surface area contributed by atoms with E-state index in [2.05, 4.69) is 12.0 Å². The van der Waals surface area contributed by atoms with Crippen LogP contribution in [-0.2, 0) is 6.42 Å². The molecule has 0 aliphatic heterocycles. The van der Waals surface area contributed by atoms with Crippen molar-refractivity contribution in [2.45, 2.75) is 20.3 Å². The van der Waals surface area contributed by atoms with Gasteiger partial charge in [-0.3, -0.25) is 0 Å². The lowest BCUT2D eigenvalue weighted by Crippen LogP contribution is -1.97. The van der Waals surface area contributed by atoms with Crippen LogP contribution in [0, 0.1) is 6.92 Å². The van der Waals surface area contributed by atoms with Crippen molar-refractivity contribution in [2.75, 3.05) is 7.11 Å². The summed E-state index contributed by atoms with van der Waals surface area (Å²) < 4.78 is 6.88. The number of nitrogens with zero attached hydrogens (tertiary/aromatic N) is 2. The Labute approximate surface area is 106 Å². The molecule has 2 rings (SSSR count). The smallest absolute Gasteiger partial charge is 0.136 e. The molecule has 0 N–H and O–H groups in total. The highest BCUT2D eigenvalue weighted by molar-refractivity contribution is 6.30. The minimum Gasteiger partial charge on any atom is -0.497 e. The van der Waals surface area contributed by atoms with E-state index in [1.54, 1.807) is 11.8 Å². The van der Waals surface area contributed by atoms with Gasteiger partial charge in [0, 0.05) is 5.56 Å². The Balaban J connectivity index is 2.45. The van der Waals surface area contributed by atoms with Gasteiger partial charge in [0.05, 0.1) is 18.5 Å². The molecule has 2 aromatic rings. The van der Waals surface area contributed by atoms with Crippen LogP contribution in [0.15, 0.2) is 24.3 Å². The van der Waals surface area contributed by atoms with Crippen molar-refractivity contribution in [1.82, 2.24) is 9.78 Å². The molecule has 0 spiro atoms. The van der Waals surface area contributed by atoms with E-state index < -0.39 is 0 Å². The lowest BCUT2D eigenvalue weighted by atomic mass is 10.2. The van der Waals surface area contributed by atoms with Crippen LogP contribution < -0.4 is 4.74 Å². The maximum absolute atomic E-state index is 6.27. The van der Waals surface area contributed by atoms with E-state index in [4.69, 9.17) is 16.3 Å². The van der Waals surface area contributed by atoms with Gasteiger partial charge in [-0.05, 0) is 37.6 Å². The molecular formula is C13H15ClN2O. The molecule has 1 aromatic carbocycles. The SMILES string of the molecule is CCc1nn(-c2ccc(OC)cc2)c(Cl)c1C. The molecule has 1 heterocycles. The number of methoxy groups -OCH3 is 1. The predicted molar refractivity (Wildman–Crippen MR) is 69.2 cm³/mol. The lowest BCUT2D eigenvalue weighted by Gasteiger charge is -2.04. The number of aromatic nitrogens is 2. The molecule has 4 heteroatoms. The fourth-order valence-corrected chi connectivity index (χ4v) is 1.99. The minimum absolute atomic E-state index is 0.673. The molecule has 0 saturated heterocycles. The fourth-order valence-electron chi connectivity index (χ4n) is 1.75. The summed E-state index contributed by atoms with van der Waals surface area (Å²) in [6.07, 6.45) is 0.884. The van der Waals surface area contributed by atoms with E-state index in [0.29, 0.717) is 5.15 Å². The maximum atomic E-state index is 6.27. The lowest BCUT2D eigenvalue weighted by molar-refractivity contribution is 0.414. The third kappa shape index (κ3) is 2.15. The summed E-state index contributed by atoms with van der Waals surface area (Å²) in [6.45, 7) is 4.07. The monoisotopic (exact) mass is 250 g/mol. The van der Waals surface area contributed by atoms with Gasteiger partial charge in [0.15, 0.2) is 0 Å². The summed E-state index contributed by atoms with van der Waals surface area (Å²) in [5.74, 6) is 0.824. The van der Waals surface area contributed by atoms with Crippen molar-refractivity contribution in [3.8, 4) is 11.4 Å². The van der Waals surface area contributed by atoms with E-state index in [0.717, 1.165) is 29.1 Å². The van der Waals surface area contributed by atoms with Crippen LogP contribution in [0.2, 0.25) is 5.15 Å². The number of rotatable bonds is 3. The number of aryl methyl sites for hydroxylation is 1. The number of hydrogen-bond donors (Lipinski definition) is 0. The van der Waals surface area contributed by atoms with Crippen LogP contribution in [0.3, 0.4) is 0 Å². The van der Waals surface area contributed by atoms with Crippen molar-refractivity contribution < 1.29 is 4.74 Å². The fraction of sp³-hybridized carbons (Fsp3) is 0.308. The Bertz CT molecular complexity index is 517.